The fraction of sp³-hybridized carbons (Fsp3) is 0.273. The number of para-hydroxylation sites is 1. The fourth-order valence-electron chi connectivity index (χ4n) is 2.99. The van der Waals surface area contributed by atoms with Crippen LogP contribution in [0.15, 0.2) is 69.8 Å². The van der Waals surface area contributed by atoms with Crippen LogP contribution in [-0.2, 0) is 9.53 Å². The van der Waals surface area contributed by atoms with Crippen LogP contribution < -0.4 is 5.32 Å². The van der Waals surface area contributed by atoms with Crippen molar-refractivity contribution in [2.45, 2.75) is 35.9 Å². The second kappa shape index (κ2) is 8.97. The van der Waals surface area contributed by atoms with Gasteiger partial charge in [0.05, 0.1) is 5.52 Å². The van der Waals surface area contributed by atoms with Gasteiger partial charge in [-0.25, -0.2) is 0 Å². The predicted octanol–water partition coefficient (Wildman–Crippen LogP) is 5.45. The Balaban J connectivity index is 1.34. The Kier molecular flexibility index (Phi) is 6.15. The number of fused-ring (bicyclic) bond motifs is 1. The Morgan fingerprint density at radius 2 is 2.10 bits per heavy atom. The number of hydrogen-bond acceptors (Lipinski definition) is 7. The van der Waals surface area contributed by atoms with Gasteiger partial charge in [-0.1, -0.05) is 61.2 Å². The summed E-state index contributed by atoms with van der Waals surface area (Å²) in [5.74, 6) is 0.476. The monoisotopic (exact) mass is 438 g/mol. The Hall–Kier alpha value is -2.71. The van der Waals surface area contributed by atoms with E-state index >= 15 is 0 Å². The smallest absolute Gasteiger partial charge is 0.264 e. The first-order chi connectivity index (χ1) is 14.5. The van der Waals surface area contributed by atoms with Crippen molar-refractivity contribution in [3.63, 3.8) is 0 Å². The van der Waals surface area contributed by atoms with E-state index < -0.39 is 0 Å². The third-order valence-electron chi connectivity index (χ3n) is 4.64. The molecule has 8 heteroatoms. The van der Waals surface area contributed by atoms with Crippen molar-refractivity contribution in [3.05, 3.63) is 60.5 Å². The summed E-state index contributed by atoms with van der Waals surface area (Å²) in [4.78, 5) is 17.7. The number of benzene rings is 1. The van der Waals surface area contributed by atoms with E-state index in [1.165, 1.54) is 23.1 Å². The van der Waals surface area contributed by atoms with Crippen molar-refractivity contribution in [1.82, 2.24) is 15.2 Å². The first-order valence-corrected chi connectivity index (χ1v) is 11.3. The molecule has 0 atom stereocenters. The lowest BCUT2D eigenvalue weighted by Gasteiger charge is -2.19. The largest absolute Gasteiger partial charge is 0.484 e. The SMILES string of the molecule is CC1(C)CC=CC(OCC(=O)Nc2nnc(Sc3ccnc4ccccc34)s2)=CC1. The molecule has 0 fully saturated rings. The first-order valence-electron chi connectivity index (χ1n) is 9.63. The summed E-state index contributed by atoms with van der Waals surface area (Å²) >= 11 is 2.84. The summed E-state index contributed by atoms with van der Waals surface area (Å²) in [6.45, 7) is 4.36. The maximum atomic E-state index is 12.2. The molecule has 1 aliphatic carbocycles. The van der Waals surface area contributed by atoms with Crippen LogP contribution in [0.5, 0.6) is 0 Å². The summed E-state index contributed by atoms with van der Waals surface area (Å²) in [5.41, 5.74) is 1.15. The van der Waals surface area contributed by atoms with Gasteiger partial charge in [0.2, 0.25) is 5.13 Å². The highest BCUT2D eigenvalue weighted by Crippen LogP contribution is 2.35. The summed E-state index contributed by atoms with van der Waals surface area (Å²) in [6.07, 6.45) is 9.74. The van der Waals surface area contributed by atoms with Gasteiger partial charge in [0.25, 0.3) is 5.91 Å². The van der Waals surface area contributed by atoms with Crippen LogP contribution in [0.2, 0.25) is 0 Å². The van der Waals surface area contributed by atoms with Crippen LogP contribution in [0.4, 0.5) is 5.13 Å². The molecule has 30 heavy (non-hydrogen) atoms. The van der Waals surface area contributed by atoms with Gasteiger partial charge in [0.15, 0.2) is 10.9 Å². The maximum absolute atomic E-state index is 12.2. The molecule has 0 bridgehead atoms. The number of rotatable bonds is 6. The van der Waals surface area contributed by atoms with Gasteiger partial charge in [-0.3, -0.25) is 15.1 Å². The third-order valence-corrected chi connectivity index (χ3v) is 6.60. The molecule has 4 rings (SSSR count). The fourth-order valence-corrected chi connectivity index (χ4v) is 4.84. The lowest BCUT2D eigenvalue weighted by atomic mass is 9.86. The summed E-state index contributed by atoms with van der Waals surface area (Å²) in [7, 11) is 0. The Morgan fingerprint density at radius 1 is 1.23 bits per heavy atom. The highest BCUT2D eigenvalue weighted by Gasteiger charge is 2.17. The van der Waals surface area contributed by atoms with Gasteiger partial charge < -0.3 is 4.74 Å². The minimum Gasteiger partial charge on any atom is -0.484 e. The molecule has 154 valence electrons. The van der Waals surface area contributed by atoms with Crippen molar-refractivity contribution in [3.8, 4) is 0 Å². The quantitative estimate of drug-likeness (QED) is 0.516. The average molecular weight is 439 g/mol. The van der Waals surface area contributed by atoms with Crippen LogP contribution in [0.25, 0.3) is 10.9 Å². The minimum atomic E-state index is -0.255. The molecule has 0 saturated carbocycles. The molecule has 2 heterocycles. The number of pyridine rings is 1. The molecule has 1 amide bonds. The molecule has 1 N–H and O–H groups in total. The molecule has 1 aliphatic rings. The number of hydrogen-bond donors (Lipinski definition) is 1. The van der Waals surface area contributed by atoms with E-state index in [2.05, 4.69) is 40.4 Å². The number of amides is 1. The van der Waals surface area contributed by atoms with Crippen molar-refractivity contribution < 1.29 is 9.53 Å². The number of nitrogens with zero attached hydrogens (tertiary/aromatic N) is 3. The number of aromatic nitrogens is 3. The second-order valence-corrected chi connectivity index (χ2v) is 9.99. The third kappa shape index (κ3) is 5.25. The topological polar surface area (TPSA) is 77.0 Å². The number of ether oxygens (including phenoxy) is 1. The lowest BCUT2D eigenvalue weighted by Crippen LogP contribution is -2.17. The molecule has 3 aromatic rings. The van der Waals surface area contributed by atoms with E-state index in [4.69, 9.17) is 4.74 Å². The highest BCUT2D eigenvalue weighted by molar-refractivity contribution is 8.01. The molecule has 2 aromatic heterocycles. The number of carbonyl (C=O) groups is 1. The van der Waals surface area contributed by atoms with Crippen molar-refractivity contribution in [1.29, 1.82) is 0 Å². The zero-order chi connectivity index (χ0) is 21.0. The summed E-state index contributed by atoms with van der Waals surface area (Å²) < 4.78 is 6.40. The van der Waals surface area contributed by atoms with E-state index in [1.54, 1.807) is 6.20 Å². The van der Waals surface area contributed by atoms with Gasteiger partial charge in [0.1, 0.15) is 5.76 Å². The van der Waals surface area contributed by atoms with Crippen molar-refractivity contribution in [2.75, 3.05) is 11.9 Å². The minimum absolute atomic E-state index is 0.0619. The molecular formula is C22H22N4O2S2. The number of nitrogens with one attached hydrogen (secondary N) is 1. The van der Waals surface area contributed by atoms with E-state index in [0.717, 1.165) is 38.7 Å². The molecule has 0 spiro atoms. The molecule has 0 radical (unpaired) electrons. The first kappa shape index (κ1) is 20.6. The van der Waals surface area contributed by atoms with E-state index in [1.807, 2.05) is 42.5 Å². The predicted molar refractivity (Wildman–Crippen MR) is 121 cm³/mol. The summed E-state index contributed by atoms with van der Waals surface area (Å²) in [5, 5.41) is 12.5. The van der Waals surface area contributed by atoms with E-state index in [-0.39, 0.29) is 17.9 Å². The van der Waals surface area contributed by atoms with Crippen molar-refractivity contribution >= 4 is 45.0 Å². The zero-order valence-corrected chi connectivity index (χ0v) is 18.4. The van der Waals surface area contributed by atoms with E-state index in [9.17, 15) is 4.79 Å². The maximum Gasteiger partial charge on any atom is 0.264 e. The van der Waals surface area contributed by atoms with E-state index in [0.29, 0.717) is 5.13 Å². The van der Waals surface area contributed by atoms with Gasteiger partial charge in [0, 0.05) is 16.5 Å². The summed E-state index contributed by atoms with van der Waals surface area (Å²) in [6, 6.07) is 9.91. The molecule has 6 nitrogen and oxygen atoms in total. The van der Waals surface area contributed by atoms with Crippen LogP contribution in [0.1, 0.15) is 26.7 Å². The molecule has 0 aliphatic heterocycles. The number of anilines is 1. The van der Waals surface area contributed by atoms with Gasteiger partial charge >= 0.3 is 0 Å². The highest BCUT2D eigenvalue weighted by atomic mass is 32.2. The lowest BCUT2D eigenvalue weighted by molar-refractivity contribution is -0.119. The molecular weight excluding hydrogens is 416 g/mol. The van der Waals surface area contributed by atoms with Crippen LogP contribution >= 0.6 is 23.1 Å². The Bertz CT molecular complexity index is 1120. The Morgan fingerprint density at radius 3 is 3.00 bits per heavy atom. The standard InChI is InChI=1S/C22H22N4O2S2/c1-22(2)11-5-6-15(9-12-22)28-14-19(27)24-20-25-26-21(30-20)29-18-10-13-23-17-8-4-3-7-16(17)18/h3-10,13H,11-12,14H2,1-2H3,(H,24,25,27). The second-order valence-electron chi connectivity index (χ2n) is 7.72. The normalized spacial score (nSPS) is 15.5. The van der Waals surface area contributed by atoms with Crippen molar-refractivity contribution in [2.24, 2.45) is 5.41 Å². The number of allylic oxidation sites excluding steroid dienone is 3. The van der Waals surface area contributed by atoms with Crippen LogP contribution in [-0.4, -0.2) is 27.7 Å². The van der Waals surface area contributed by atoms with Gasteiger partial charge in [-0.15, -0.1) is 10.2 Å². The van der Waals surface area contributed by atoms with Crippen LogP contribution in [0.3, 0.4) is 0 Å². The molecule has 0 saturated heterocycles. The molecule has 1 aromatic carbocycles. The molecule has 0 unspecified atom stereocenters. The van der Waals surface area contributed by atoms with Gasteiger partial charge in [-0.2, -0.15) is 0 Å². The van der Waals surface area contributed by atoms with Gasteiger partial charge in [-0.05, 0) is 42.5 Å². The zero-order valence-electron chi connectivity index (χ0n) is 16.8. The number of carbonyl (C=O) groups excluding carboxylic acids is 1. The van der Waals surface area contributed by atoms with Crippen LogP contribution in [0, 0.1) is 5.41 Å². The Labute approximate surface area is 183 Å². The average Bonchev–Trinajstić information content (AvgIpc) is 3.08.